The van der Waals surface area contributed by atoms with Gasteiger partial charge in [0.05, 0.1) is 18.1 Å². The molecule has 0 spiro atoms. The third kappa shape index (κ3) is 4.91. The minimum absolute atomic E-state index is 0.00623. The van der Waals surface area contributed by atoms with Crippen molar-refractivity contribution in [3.05, 3.63) is 75.9 Å². The minimum Gasteiger partial charge on any atom is -0.378 e. The quantitative estimate of drug-likeness (QED) is 0.594. The summed E-state index contributed by atoms with van der Waals surface area (Å²) >= 11 is 1.66. The Morgan fingerprint density at radius 2 is 1.79 bits per heavy atom. The van der Waals surface area contributed by atoms with Crippen LogP contribution >= 0.6 is 11.8 Å². The number of hydrogen-bond donors (Lipinski definition) is 0. The third-order valence-electron chi connectivity index (χ3n) is 6.87. The molecule has 1 saturated carbocycles. The molecule has 2 saturated heterocycles. The summed E-state index contributed by atoms with van der Waals surface area (Å²) in [5.41, 5.74) is 2.08. The van der Waals surface area contributed by atoms with Crippen LogP contribution in [0.25, 0.3) is 6.08 Å². The predicted molar refractivity (Wildman–Crippen MR) is 132 cm³/mol. The number of morpholine rings is 1. The van der Waals surface area contributed by atoms with E-state index >= 15 is 0 Å². The van der Waals surface area contributed by atoms with Gasteiger partial charge in [-0.05, 0) is 42.7 Å². The molecule has 0 bridgehead atoms. The number of carbonyl (C=O) groups is 2. The number of rotatable bonds is 4. The SMILES string of the molecule is O=C(c1ccc(/C=C2\SC3CCCCC3N(Cc3ccccc3F)C2=O)cc1)N1CCOCC1. The van der Waals surface area contributed by atoms with Gasteiger partial charge in [0.15, 0.2) is 0 Å². The van der Waals surface area contributed by atoms with Crippen LogP contribution in [0.2, 0.25) is 0 Å². The van der Waals surface area contributed by atoms with Crippen LogP contribution in [0.1, 0.15) is 47.2 Å². The summed E-state index contributed by atoms with van der Waals surface area (Å²) in [6, 6.07) is 14.3. The van der Waals surface area contributed by atoms with Crippen molar-refractivity contribution in [3.63, 3.8) is 0 Å². The molecule has 2 aliphatic heterocycles. The first-order valence-electron chi connectivity index (χ1n) is 12.0. The van der Waals surface area contributed by atoms with Crippen LogP contribution in [0.3, 0.4) is 0 Å². The Balaban J connectivity index is 1.36. The zero-order valence-corrected chi connectivity index (χ0v) is 19.9. The van der Waals surface area contributed by atoms with Gasteiger partial charge in [0, 0.05) is 42.1 Å². The van der Waals surface area contributed by atoms with Crippen molar-refractivity contribution in [2.24, 2.45) is 0 Å². The largest absolute Gasteiger partial charge is 0.378 e. The van der Waals surface area contributed by atoms with Gasteiger partial charge < -0.3 is 14.5 Å². The number of ether oxygens (including phenoxy) is 1. The second-order valence-corrected chi connectivity index (χ2v) is 10.3. The van der Waals surface area contributed by atoms with E-state index in [4.69, 9.17) is 4.74 Å². The molecule has 3 aliphatic rings. The number of benzene rings is 2. The normalized spacial score (nSPS) is 24.3. The predicted octanol–water partition coefficient (Wildman–Crippen LogP) is 4.73. The maximum atomic E-state index is 14.4. The molecule has 2 unspecified atom stereocenters. The first-order valence-corrected chi connectivity index (χ1v) is 12.9. The third-order valence-corrected chi connectivity index (χ3v) is 8.27. The fraction of sp³-hybridized carbons (Fsp3) is 0.407. The molecule has 34 heavy (non-hydrogen) atoms. The highest BCUT2D eigenvalue weighted by Crippen LogP contribution is 2.42. The Kier molecular flexibility index (Phi) is 7.02. The van der Waals surface area contributed by atoms with Gasteiger partial charge in [-0.3, -0.25) is 9.59 Å². The van der Waals surface area contributed by atoms with Crippen LogP contribution in [0.4, 0.5) is 4.39 Å². The first kappa shape index (κ1) is 23.1. The molecule has 3 fully saturated rings. The lowest BCUT2D eigenvalue weighted by Gasteiger charge is -2.44. The molecule has 1 aliphatic carbocycles. The van der Waals surface area contributed by atoms with Gasteiger partial charge in [-0.1, -0.05) is 43.2 Å². The lowest BCUT2D eigenvalue weighted by atomic mass is 9.92. The molecular weight excluding hydrogens is 451 g/mol. The van der Waals surface area contributed by atoms with Gasteiger partial charge in [0.2, 0.25) is 0 Å². The van der Waals surface area contributed by atoms with Crippen molar-refractivity contribution in [1.82, 2.24) is 9.80 Å². The average molecular weight is 481 g/mol. The number of fused-ring (bicyclic) bond motifs is 1. The Morgan fingerprint density at radius 1 is 1.06 bits per heavy atom. The number of thioether (sulfide) groups is 1. The highest BCUT2D eigenvalue weighted by Gasteiger charge is 2.40. The summed E-state index contributed by atoms with van der Waals surface area (Å²) in [6.45, 7) is 2.64. The van der Waals surface area contributed by atoms with Crippen LogP contribution in [-0.4, -0.2) is 59.2 Å². The topological polar surface area (TPSA) is 49.9 Å². The zero-order valence-electron chi connectivity index (χ0n) is 19.1. The van der Waals surface area contributed by atoms with E-state index < -0.39 is 0 Å². The summed E-state index contributed by atoms with van der Waals surface area (Å²) in [4.78, 5) is 30.6. The van der Waals surface area contributed by atoms with E-state index in [2.05, 4.69) is 0 Å². The van der Waals surface area contributed by atoms with Crippen LogP contribution in [0.15, 0.2) is 53.4 Å². The van der Waals surface area contributed by atoms with E-state index in [1.165, 1.54) is 6.07 Å². The zero-order chi connectivity index (χ0) is 23.5. The van der Waals surface area contributed by atoms with E-state index in [1.807, 2.05) is 41.3 Å². The monoisotopic (exact) mass is 480 g/mol. The maximum absolute atomic E-state index is 14.4. The lowest BCUT2D eigenvalue weighted by molar-refractivity contribution is -0.130. The second kappa shape index (κ2) is 10.3. The van der Waals surface area contributed by atoms with E-state index in [-0.39, 0.29) is 30.2 Å². The van der Waals surface area contributed by atoms with Crippen molar-refractivity contribution >= 4 is 29.7 Å². The van der Waals surface area contributed by atoms with Crippen molar-refractivity contribution < 1.29 is 18.7 Å². The summed E-state index contributed by atoms with van der Waals surface area (Å²) in [6.07, 6.45) is 6.18. The molecule has 178 valence electrons. The molecule has 2 atom stereocenters. The Labute approximate surface area is 204 Å². The Bertz CT molecular complexity index is 1080. The van der Waals surface area contributed by atoms with Crippen LogP contribution < -0.4 is 0 Å². The number of hydrogen-bond acceptors (Lipinski definition) is 4. The molecule has 7 heteroatoms. The van der Waals surface area contributed by atoms with E-state index in [9.17, 15) is 14.0 Å². The molecule has 2 heterocycles. The van der Waals surface area contributed by atoms with Crippen molar-refractivity contribution in [2.75, 3.05) is 26.3 Å². The second-order valence-electron chi connectivity index (χ2n) is 9.07. The fourth-order valence-corrected chi connectivity index (χ4v) is 6.47. The standard InChI is InChI=1S/C27H29FN2O3S/c28-22-6-2-1-5-21(22)18-30-23-7-3-4-8-24(23)34-25(27(30)32)17-19-9-11-20(12-10-19)26(31)29-13-15-33-16-14-29/h1-2,5-6,9-12,17,23-24H,3-4,7-8,13-16,18H2/b25-17-. The number of amides is 2. The number of halogens is 1. The molecule has 0 aromatic heterocycles. The van der Waals surface area contributed by atoms with Gasteiger partial charge in [-0.2, -0.15) is 0 Å². The summed E-state index contributed by atoms with van der Waals surface area (Å²) in [5.74, 6) is -0.302. The molecule has 5 nitrogen and oxygen atoms in total. The molecule has 0 radical (unpaired) electrons. The van der Waals surface area contributed by atoms with Crippen LogP contribution in [0, 0.1) is 5.82 Å². The van der Waals surface area contributed by atoms with Crippen molar-refractivity contribution in [2.45, 2.75) is 43.5 Å². The van der Waals surface area contributed by atoms with Gasteiger partial charge in [-0.15, -0.1) is 11.8 Å². The Hall–Kier alpha value is -2.64. The van der Waals surface area contributed by atoms with Crippen molar-refractivity contribution in [3.8, 4) is 0 Å². The fourth-order valence-electron chi connectivity index (χ4n) is 4.99. The molecule has 0 N–H and O–H groups in total. The number of nitrogens with zero attached hydrogens (tertiary/aromatic N) is 2. The van der Waals surface area contributed by atoms with Crippen LogP contribution in [0.5, 0.6) is 0 Å². The smallest absolute Gasteiger partial charge is 0.260 e. The summed E-state index contributed by atoms with van der Waals surface area (Å²) < 4.78 is 19.7. The van der Waals surface area contributed by atoms with Crippen molar-refractivity contribution in [1.29, 1.82) is 0 Å². The lowest BCUT2D eigenvalue weighted by Crippen LogP contribution is -2.50. The summed E-state index contributed by atoms with van der Waals surface area (Å²) in [5, 5.41) is 0.326. The first-order chi connectivity index (χ1) is 16.6. The van der Waals surface area contributed by atoms with Crippen LogP contribution in [-0.2, 0) is 16.1 Å². The molecule has 2 aromatic rings. The van der Waals surface area contributed by atoms with E-state index in [0.29, 0.717) is 47.6 Å². The average Bonchev–Trinajstić information content (AvgIpc) is 2.88. The Morgan fingerprint density at radius 3 is 2.56 bits per heavy atom. The summed E-state index contributed by atoms with van der Waals surface area (Å²) in [7, 11) is 0. The van der Waals surface area contributed by atoms with E-state index in [0.717, 1.165) is 31.2 Å². The minimum atomic E-state index is -0.271. The van der Waals surface area contributed by atoms with E-state index in [1.54, 1.807) is 28.8 Å². The molecule has 2 amide bonds. The highest BCUT2D eigenvalue weighted by atomic mass is 32.2. The van der Waals surface area contributed by atoms with Gasteiger partial charge in [-0.25, -0.2) is 4.39 Å². The van der Waals surface area contributed by atoms with Gasteiger partial charge in [0.25, 0.3) is 11.8 Å². The number of carbonyl (C=O) groups excluding carboxylic acids is 2. The molecule has 2 aromatic carbocycles. The van der Waals surface area contributed by atoms with Gasteiger partial charge in [0.1, 0.15) is 5.82 Å². The highest BCUT2D eigenvalue weighted by molar-refractivity contribution is 8.04. The molecule has 5 rings (SSSR count). The molecular formula is C27H29FN2O3S. The van der Waals surface area contributed by atoms with Gasteiger partial charge >= 0.3 is 0 Å². The maximum Gasteiger partial charge on any atom is 0.260 e.